The van der Waals surface area contributed by atoms with Crippen LogP contribution in [0.1, 0.15) is 11.5 Å². The Labute approximate surface area is 161 Å². The second-order valence-electron chi connectivity index (χ2n) is 6.94. The Hall–Kier alpha value is -3.13. The van der Waals surface area contributed by atoms with Crippen LogP contribution in [0.2, 0.25) is 0 Å². The van der Waals surface area contributed by atoms with Gasteiger partial charge in [-0.15, -0.1) is 0 Å². The minimum atomic E-state index is 0.702. The topological polar surface area (TPSA) is 89.3 Å². The second-order valence-corrected chi connectivity index (χ2v) is 6.94. The summed E-state index contributed by atoms with van der Waals surface area (Å²) in [5.41, 5.74) is 4.51. The maximum Gasteiger partial charge on any atom is 0.143 e. The van der Waals surface area contributed by atoms with E-state index < -0.39 is 0 Å². The molecule has 0 bridgehead atoms. The number of nitrogens with zero attached hydrogens (tertiary/aromatic N) is 4. The van der Waals surface area contributed by atoms with Gasteiger partial charge in [-0.05, 0) is 26.0 Å². The van der Waals surface area contributed by atoms with Crippen molar-refractivity contribution in [1.82, 2.24) is 20.1 Å². The molecule has 0 radical (unpaired) electrons. The molecule has 1 aliphatic rings. The van der Waals surface area contributed by atoms with Crippen LogP contribution in [0.15, 0.2) is 23.0 Å². The summed E-state index contributed by atoms with van der Waals surface area (Å²) in [6.07, 6.45) is 1.61. The largest absolute Gasteiger partial charge is 0.496 e. The van der Waals surface area contributed by atoms with Crippen molar-refractivity contribution in [3.8, 4) is 16.9 Å². The monoisotopic (exact) mass is 379 g/mol. The van der Waals surface area contributed by atoms with E-state index in [4.69, 9.17) is 14.0 Å². The maximum atomic E-state index is 5.73. The lowest BCUT2D eigenvalue weighted by Gasteiger charge is -2.28. The predicted molar refractivity (Wildman–Crippen MR) is 106 cm³/mol. The highest BCUT2D eigenvalue weighted by molar-refractivity contribution is 6.12. The minimum absolute atomic E-state index is 0.702. The molecule has 5 rings (SSSR count). The number of aryl methyl sites for hydroxylation is 2. The molecule has 0 atom stereocenters. The van der Waals surface area contributed by atoms with E-state index in [1.807, 2.05) is 19.9 Å². The lowest BCUT2D eigenvalue weighted by Crippen LogP contribution is -2.36. The molecule has 1 N–H and O–H groups in total. The van der Waals surface area contributed by atoms with Gasteiger partial charge in [0.05, 0.1) is 37.0 Å². The highest BCUT2D eigenvalue weighted by Crippen LogP contribution is 2.40. The molecule has 1 fully saturated rings. The zero-order valence-corrected chi connectivity index (χ0v) is 16.1. The number of ether oxygens (including phenoxy) is 2. The number of fused-ring (bicyclic) bond motifs is 3. The number of morpholine rings is 1. The van der Waals surface area contributed by atoms with Crippen molar-refractivity contribution in [2.24, 2.45) is 0 Å². The van der Waals surface area contributed by atoms with Crippen LogP contribution in [-0.4, -0.2) is 53.5 Å². The second kappa shape index (κ2) is 6.49. The van der Waals surface area contributed by atoms with E-state index in [-0.39, 0.29) is 0 Å². The normalized spacial score (nSPS) is 14.9. The number of nitrogens with one attached hydrogen (secondary N) is 1. The molecule has 4 heterocycles. The van der Waals surface area contributed by atoms with Gasteiger partial charge in [-0.1, -0.05) is 5.16 Å². The highest BCUT2D eigenvalue weighted by Gasteiger charge is 2.22. The van der Waals surface area contributed by atoms with Crippen molar-refractivity contribution in [2.45, 2.75) is 13.8 Å². The molecule has 1 saturated heterocycles. The molecule has 8 heteroatoms. The zero-order chi connectivity index (χ0) is 19.3. The average molecular weight is 379 g/mol. The van der Waals surface area contributed by atoms with Crippen molar-refractivity contribution in [3.63, 3.8) is 0 Å². The number of anilines is 1. The smallest absolute Gasteiger partial charge is 0.143 e. The fraction of sp³-hybridized carbons (Fsp3) is 0.350. The minimum Gasteiger partial charge on any atom is -0.496 e. The van der Waals surface area contributed by atoms with Crippen LogP contribution in [0.3, 0.4) is 0 Å². The molecule has 28 heavy (non-hydrogen) atoms. The SMILES string of the molecule is COc1cc2c(cc1-c1c(C)noc1C)[nH]c1ncnc(N3CCOCC3)c12. The lowest BCUT2D eigenvalue weighted by molar-refractivity contribution is 0.122. The summed E-state index contributed by atoms with van der Waals surface area (Å²) < 4.78 is 16.6. The summed E-state index contributed by atoms with van der Waals surface area (Å²) in [4.78, 5) is 14.7. The Morgan fingerprint density at radius 2 is 1.96 bits per heavy atom. The zero-order valence-electron chi connectivity index (χ0n) is 16.1. The molecule has 4 aromatic rings. The Kier molecular flexibility index (Phi) is 3.94. The Morgan fingerprint density at radius 1 is 1.14 bits per heavy atom. The first kappa shape index (κ1) is 17.0. The molecule has 144 valence electrons. The van der Waals surface area contributed by atoms with Gasteiger partial charge in [0.15, 0.2) is 0 Å². The van der Waals surface area contributed by atoms with Crippen LogP contribution in [0.4, 0.5) is 5.82 Å². The Balaban J connectivity index is 1.77. The summed E-state index contributed by atoms with van der Waals surface area (Å²) >= 11 is 0. The van der Waals surface area contributed by atoms with E-state index in [1.165, 1.54) is 0 Å². The molecule has 0 spiro atoms. The molecule has 1 aliphatic heterocycles. The number of aromatic nitrogens is 4. The van der Waals surface area contributed by atoms with Gasteiger partial charge in [0.25, 0.3) is 0 Å². The van der Waals surface area contributed by atoms with Crippen LogP contribution in [0.5, 0.6) is 5.75 Å². The van der Waals surface area contributed by atoms with Crippen molar-refractivity contribution in [3.05, 3.63) is 29.9 Å². The van der Waals surface area contributed by atoms with E-state index in [1.54, 1.807) is 13.4 Å². The summed E-state index contributed by atoms with van der Waals surface area (Å²) in [6.45, 7) is 6.87. The summed E-state index contributed by atoms with van der Waals surface area (Å²) in [5, 5.41) is 6.12. The van der Waals surface area contributed by atoms with Crippen LogP contribution in [-0.2, 0) is 4.74 Å². The van der Waals surface area contributed by atoms with Gasteiger partial charge >= 0.3 is 0 Å². The number of hydrogen-bond donors (Lipinski definition) is 1. The molecular weight excluding hydrogens is 358 g/mol. The molecule has 1 aromatic carbocycles. The van der Waals surface area contributed by atoms with E-state index >= 15 is 0 Å². The van der Waals surface area contributed by atoms with Crippen molar-refractivity contribution in [2.75, 3.05) is 38.3 Å². The number of rotatable bonds is 3. The Morgan fingerprint density at radius 3 is 2.68 bits per heavy atom. The first-order chi connectivity index (χ1) is 13.7. The number of benzene rings is 1. The van der Waals surface area contributed by atoms with Gasteiger partial charge in [-0.25, -0.2) is 9.97 Å². The first-order valence-corrected chi connectivity index (χ1v) is 9.27. The molecule has 8 nitrogen and oxygen atoms in total. The number of methoxy groups -OCH3 is 1. The van der Waals surface area contributed by atoms with E-state index in [9.17, 15) is 0 Å². The van der Waals surface area contributed by atoms with Gasteiger partial charge in [0, 0.05) is 29.6 Å². The van der Waals surface area contributed by atoms with E-state index in [0.717, 1.165) is 69.2 Å². The molecule has 0 unspecified atom stereocenters. The van der Waals surface area contributed by atoms with E-state index in [2.05, 4.69) is 31.1 Å². The molecule has 3 aromatic heterocycles. The number of aromatic amines is 1. The van der Waals surface area contributed by atoms with Gasteiger partial charge in [-0.2, -0.15) is 0 Å². The molecule has 0 aliphatic carbocycles. The van der Waals surface area contributed by atoms with Crippen LogP contribution >= 0.6 is 0 Å². The standard InChI is InChI=1S/C20H21N5O3/c1-11-17(12(2)28-24-11)14-8-15-13(9-16(14)26-3)18-19(23-15)21-10-22-20(18)25-4-6-27-7-5-25/h8-10H,4-7H2,1-3H3,(H,21,22,23). The lowest BCUT2D eigenvalue weighted by atomic mass is 10.0. The van der Waals surface area contributed by atoms with Gasteiger partial charge in [0.1, 0.15) is 29.3 Å². The fourth-order valence-electron chi connectivity index (χ4n) is 3.98. The first-order valence-electron chi connectivity index (χ1n) is 9.27. The van der Waals surface area contributed by atoms with Gasteiger partial charge in [-0.3, -0.25) is 0 Å². The number of H-pyrrole nitrogens is 1. The Bertz CT molecular complexity index is 1150. The molecular formula is C20H21N5O3. The van der Waals surface area contributed by atoms with Crippen molar-refractivity contribution in [1.29, 1.82) is 0 Å². The van der Waals surface area contributed by atoms with Crippen LogP contribution in [0, 0.1) is 13.8 Å². The third-order valence-electron chi connectivity index (χ3n) is 5.30. The fourth-order valence-corrected chi connectivity index (χ4v) is 3.98. The molecule has 0 saturated carbocycles. The predicted octanol–water partition coefficient (Wildman–Crippen LogP) is 3.23. The average Bonchev–Trinajstić information content (AvgIpc) is 3.26. The highest BCUT2D eigenvalue weighted by atomic mass is 16.5. The van der Waals surface area contributed by atoms with Crippen molar-refractivity contribution >= 4 is 27.8 Å². The summed E-state index contributed by atoms with van der Waals surface area (Å²) in [6, 6.07) is 4.12. The van der Waals surface area contributed by atoms with Gasteiger partial charge < -0.3 is 23.9 Å². The summed E-state index contributed by atoms with van der Waals surface area (Å²) in [5.74, 6) is 2.45. The van der Waals surface area contributed by atoms with Crippen LogP contribution < -0.4 is 9.64 Å². The third kappa shape index (κ3) is 2.52. The third-order valence-corrected chi connectivity index (χ3v) is 5.30. The van der Waals surface area contributed by atoms with E-state index in [0.29, 0.717) is 13.2 Å². The van der Waals surface area contributed by atoms with Crippen LogP contribution in [0.25, 0.3) is 33.1 Å². The number of hydrogen-bond acceptors (Lipinski definition) is 7. The summed E-state index contributed by atoms with van der Waals surface area (Å²) in [7, 11) is 1.68. The quantitative estimate of drug-likeness (QED) is 0.584. The molecule has 0 amide bonds. The maximum absolute atomic E-state index is 5.73. The van der Waals surface area contributed by atoms with Crippen molar-refractivity contribution < 1.29 is 14.0 Å². The van der Waals surface area contributed by atoms with Gasteiger partial charge in [0.2, 0.25) is 0 Å².